The molecule has 0 aliphatic rings. The fraction of sp³-hybridized carbons (Fsp3) is 0.286. The van der Waals surface area contributed by atoms with Crippen LogP contribution in [0, 0.1) is 6.92 Å². The number of nitrogens with zero attached hydrogens (tertiary/aromatic N) is 2. The second-order valence-corrected chi connectivity index (χ2v) is 5.11. The van der Waals surface area contributed by atoms with E-state index in [1.165, 1.54) is 0 Å². The third kappa shape index (κ3) is 2.42. The monoisotopic (exact) mass is 322 g/mol. The van der Waals surface area contributed by atoms with Gasteiger partial charge in [-0.15, -0.1) is 0 Å². The van der Waals surface area contributed by atoms with E-state index < -0.39 is 5.97 Å². The maximum absolute atomic E-state index is 11.4. The van der Waals surface area contributed by atoms with Crippen molar-refractivity contribution in [2.24, 2.45) is 0 Å². The number of aromatic nitrogens is 2. The van der Waals surface area contributed by atoms with Gasteiger partial charge in [0.2, 0.25) is 0 Å². The number of halogens is 1. The van der Waals surface area contributed by atoms with Gasteiger partial charge in [0.15, 0.2) is 0 Å². The van der Waals surface area contributed by atoms with Gasteiger partial charge in [-0.3, -0.25) is 4.98 Å². The number of pyridine rings is 1. The van der Waals surface area contributed by atoms with Gasteiger partial charge in [0.05, 0.1) is 15.7 Å². The lowest BCUT2D eigenvalue weighted by molar-refractivity contribution is 0.0695. The second kappa shape index (κ2) is 5.57. The van der Waals surface area contributed by atoms with Crippen LogP contribution in [-0.4, -0.2) is 20.6 Å². The van der Waals surface area contributed by atoms with Gasteiger partial charge in [-0.2, -0.15) is 0 Å². The molecule has 0 amide bonds. The first-order valence-electron chi connectivity index (χ1n) is 6.10. The number of rotatable bonds is 4. The molecule has 19 heavy (non-hydrogen) atoms. The van der Waals surface area contributed by atoms with Gasteiger partial charge in [-0.05, 0) is 41.4 Å². The Hall–Kier alpha value is -1.62. The average molecular weight is 323 g/mol. The zero-order valence-corrected chi connectivity index (χ0v) is 12.4. The molecule has 0 saturated heterocycles. The molecule has 1 N–H and O–H groups in total. The molecule has 0 saturated carbocycles. The quantitative estimate of drug-likeness (QED) is 0.933. The van der Waals surface area contributed by atoms with Crippen molar-refractivity contribution in [3.05, 3.63) is 40.3 Å². The van der Waals surface area contributed by atoms with Crippen molar-refractivity contribution in [1.29, 1.82) is 0 Å². The number of hydrogen-bond acceptors (Lipinski definition) is 2. The lowest BCUT2D eigenvalue weighted by Crippen LogP contribution is -2.04. The van der Waals surface area contributed by atoms with Crippen LogP contribution in [0.1, 0.15) is 29.4 Å². The number of carboxylic acid groups (broad SMARTS) is 1. The molecule has 5 heteroatoms. The van der Waals surface area contributed by atoms with Crippen LogP contribution >= 0.6 is 15.9 Å². The van der Waals surface area contributed by atoms with Crippen LogP contribution in [0.3, 0.4) is 0 Å². The van der Waals surface area contributed by atoms with Crippen LogP contribution in [0.4, 0.5) is 0 Å². The first-order valence-corrected chi connectivity index (χ1v) is 6.89. The van der Waals surface area contributed by atoms with Crippen molar-refractivity contribution >= 4 is 21.9 Å². The molecule has 0 fully saturated rings. The summed E-state index contributed by atoms with van der Waals surface area (Å²) in [5.41, 5.74) is 2.97. The van der Waals surface area contributed by atoms with Gasteiger partial charge in [-0.1, -0.05) is 6.92 Å². The normalized spacial score (nSPS) is 10.7. The summed E-state index contributed by atoms with van der Waals surface area (Å²) in [7, 11) is 0. The summed E-state index contributed by atoms with van der Waals surface area (Å²) in [6.07, 6.45) is 4.36. The first kappa shape index (κ1) is 13.8. The molecule has 4 nitrogen and oxygen atoms in total. The lowest BCUT2D eigenvalue weighted by Gasteiger charge is -2.10. The first-order chi connectivity index (χ1) is 9.07. The van der Waals surface area contributed by atoms with E-state index in [9.17, 15) is 9.90 Å². The van der Waals surface area contributed by atoms with E-state index in [0.717, 1.165) is 29.9 Å². The zero-order valence-electron chi connectivity index (χ0n) is 10.9. The highest BCUT2D eigenvalue weighted by Crippen LogP contribution is 2.35. The van der Waals surface area contributed by atoms with Crippen molar-refractivity contribution in [1.82, 2.24) is 9.55 Å². The van der Waals surface area contributed by atoms with Gasteiger partial charge < -0.3 is 9.67 Å². The fourth-order valence-electron chi connectivity index (χ4n) is 2.24. The predicted octanol–water partition coefficient (Wildman–Crippen LogP) is 3.73. The molecule has 0 aliphatic carbocycles. The summed E-state index contributed by atoms with van der Waals surface area (Å²) < 4.78 is 2.68. The minimum Gasteiger partial charge on any atom is -0.478 e. The Morgan fingerprint density at radius 1 is 1.42 bits per heavy atom. The molecular formula is C14H15BrN2O2. The van der Waals surface area contributed by atoms with Crippen molar-refractivity contribution < 1.29 is 9.90 Å². The summed E-state index contributed by atoms with van der Waals surface area (Å²) in [4.78, 5) is 15.4. The lowest BCUT2D eigenvalue weighted by atomic mass is 10.2. The number of aromatic carboxylic acids is 1. The molecule has 0 atom stereocenters. The van der Waals surface area contributed by atoms with Gasteiger partial charge in [0.1, 0.15) is 0 Å². The molecular weight excluding hydrogens is 308 g/mol. The van der Waals surface area contributed by atoms with E-state index in [2.05, 4.69) is 27.8 Å². The largest absolute Gasteiger partial charge is 0.478 e. The summed E-state index contributed by atoms with van der Waals surface area (Å²) in [6.45, 7) is 4.70. The Bertz CT molecular complexity index is 606. The molecule has 2 heterocycles. The third-order valence-electron chi connectivity index (χ3n) is 3.08. The Labute approximate surface area is 120 Å². The molecule has 2 aromatic rings. The summed E-state index contributed by atoms with van der Waals surface area (Å²) in [5.74, 6) is -0.908. The molecule has 100 valence electrons. The van der Waals surface area contributed by atoms with Gasteiger partial charge >= 0.3 is 5.97 Å². The minimum absolute atomic E-state index is 0.334. The standard InChI is InChI=1S/C14H15BrN2O2/c1-3-8-17-9(2)11(14(18)19)12(15)13(17)10-4-6-16-7-5-10/h4-7H,3,8H2,1-2H3,(H,18,19). The Morgan fingerprint density at radius 2 is 2.05 bits per heavy atom. The summed E-state index contributed by atoms with van der Waals surface area (Å²) >= 11 is 3.44. The van der Waals surface area contributed by atoms with E-state index >= 15 is 0 Å². The predicted molar refractivity (Wildman–Crippen MR) is 77.4 cm³/mol. The van der Waals surface area contributed by atoms with Crippen molar-refractivity contribution in [2.45, 2.75) is 26.8 Å². The van der Waals surface area contributed by atoms with Crippen molar-refractivity contribution in [3.8, 4) is 11.3 Å². The van der Waals surface area contributed by atoms with Gasteiger partial charge in [0.25, 0.3) is 0 Å². The van der Waals surface area contributed by atoms with Crippen LogP contribution in [0.2, 0.25) is 0 Å². The SMILES string of the molecule is CCCn1c(C)c(C(=O)O)c(Br)c1-c1ccncc1. The van der Waals surface area contributed by atoms with Crippen LogP contribution in [0.15, 0.2) is 29.0 Å². The molecule has 2 aromatic heterocycles. The third-order valence-corrected chi connectivity index (χ3v) is 3.85. The molecule has 2 rings (SSSR count). The Balaban J connectivity index is 2.72. The molecule has 0 aromatic carbocycles. The van der Waals surface area contributed by atoms with Crippen molar-refractivity contribution in [2.75, 3.05) is 0 Å². The Morgan fingerprint density at radius 3 is 2.58 bits per heavy atom. The minimum atomic E-state index is -0.908. The summed E-state index contributed by atoms with van der Waals surface area (Å²) in [5, 5.41) is 9.34. The number of carboxylic acids is 1. The molecule has 0 radical (unpaired) electrons. The van der Waals surface area contributed by atoms with Crippen LogP contribution in [0.25, 0.3) is 11.3 Å². The average Bonchev–Trinajstić information content (AvgIpc) is 2.63. The molecule has 0 unspecified atom stereocenters. The van der Waals surface area contributed by atoms with E-state index in [4.69, 9.17) is 0 Å². The van der Waals surface area contributed by atoms with Crippen molar-refractivity contribution in [3.63, 3.8) is 0 Å². The van der Waals surface area contributed by atoms with E-state index in [0.29, 0.717) is 10.0 Å². The highest BCUT2D eigenvalue weighted by molar-refractivity contribution is 9.10. The second-order valence-electron chi connectivity index (χ2n) is 4.32. The fourth-order valence-corrected chi connectivity index (χ4v) is 3.14. The van der Waals surface area contributed by atoms with Crippen LogP contribution in [-0.2, 0) is 6.54 Å². The number of hydrogen-bond donors (Lipinski definition) is 1. The smallest absolute Gasteiger partial charge is 0.338 e. The zero-order chi connectivity index (χ0) is 14.0. The molecule has 0 bridgehead atoms. The highest BCUT2D eigenvalue weighted by Gasteiger charge is 2.23. The molecule has 0 aliphatic heterocycles. The highest BCUT2D eigenvalue weighted by atomic mass is 79.9. The maximum Gasteiger partial charge on any atom is 0.338 e. The van der Waals surface area contributed by atoms with Gasteiger partial charge in [0, 0.05) is 30.2 Å². The summed E-state index contributed by atoms with van der Waals surface area (Å²) in [6, 6.07) is 3.77. The molecule has 0 spiro atoms. The topological polar surface area (TPSA) is 55.1 Å². The van der Waals surface area contributed by atoms with Gasteiger partial charge in [-0.25, -0.2) is 4.79 Å². The van der Waals surface area contributed by atoms with Crippen LogP contribution < -0.4 is 0 Å². The Kier molecular flexibility index (Phi) is 4.04. The van der Waals surface area contributed by atoms with E-state index in [1.54, 1.807) is 12.4 Å². The van der Waals surface area contributed by atoms with Crippen LogP contribution in [0.5, 0.6) is 0 Å². The van der Waals surface area contributed by atoms with E-state index in [1.807, 2.05) is 23.6 Å². The van der Waals surface area contributed by atoms with E-state index in [-0.39, 0.29) is 0 Å². The number of carbonyl (C=O) groups is 1. The maximum atomic E-state index is 11.4.